The smallest absolute Gasteiger partial charge is 0.240 e. The summed E-state index contributed by atoms with van der Waals surface area (Å²) in [5.74, 6) is 0.635. The summed E-state index contributed by atoms with van der Waals surface area (Å²) in [7, 11) is -3.57. The number of hydrogen-bond acceptors (Lipinski definition) is 5. The van der Waals surface area contributed by atoms with Crippen molar-refractivity contribution in [2.75, 3.05) is 0 Å². The highest BCUT2D eigenvalue weighted by molar-refractivity contribution is 7.89. The average Bonchev–Trinajstić information content (AvgIpc) is 2.89. The molecule has 0 atom stereocenters. The van der Waals surface area contributed by atoms with Gasteiger partial charge in [-0.3, -0.25) is 0 Å². The molecule has 1 aromatic carbocycles. The highest BCUT2D eigenvalue weighted by atomic mass is 32.2. The molecule has 1 heterocycles. The number of rotatable bonds is 6. The van der Waals surface area contributed by atoms with Gasteiger partial charge in [0, 0.05) is 0 Å². The minimum atomic E-state index is -3.57. The van der Waals surface area contributed by atoms with Gasteiger partial charge in [-0.15, -0.1) is 0 Å². The van der Waals surface area contributed by atoms with Crippen LogP contribution in [0.2, 0.25) is 0 Å². The molecule has 0 bridgehead atoms. The summed E-state index contributed by atoms with van der Waals surface area (Å²) in [6, 6.07) is 6.26. The van der Waals surface area contributed by atoms with Crippen molar-refractivity contribution in [3.63, 3.8) is 0 Å². The van der Waals surface area contributed by atoms with Gasteiger partial charge in [0.2, 0.25) is 10.0 Å². The zero-order valence-electron chi connectivity index (χ0n) is 11.2. The van der Waals surface area contributed by atoms with Crippen LogP contribution in [0.3, 0.4) is 0 Å². The van der Waals surface area contributed by atoms with Gasteiger partial charge in [0.15, 0.2) is 6.39 Å². The first-order chi connectivity index (χ1) is 9.47. The third-order valence-corrected chi connectivity index (χ3v) is 3.85. The predicted molar refractivity (Wildman–Crippen MR) is 72.7 cm³/mol. The van der Waals surface area contributed by atoms with Crippen molar-refractivity contribution in [3.05, 3.63) is 42.6 Å². The monoisotopic (exact) mass is 296 g/mol. The molecule has 0 unspecified atom stereocenters. The number of hydrogen-bond donors (Lipinski definition) is 1. The Morgan fingerprint density at radius 2 is 2.00 bits per heavy atom. The lowest BCUT2D eigenvalue weighted by Gasteiger charge is -2.10. The number of oxazole rings is 1. The minimum absolute atomic E-state index is 0.0442. The first-order valence-electron chi connectivity index (χ1n) is 6.11. The Hall–Kier alpha value is -1.86. The molecule has 0 aliphatic carbocycles. The standard InChI is InChI=1S/C13H16N2O4S/c1-10(2)19-12-3-5-13(6-4-12)20(16,17)15-7-11-8-18-9-14-11/h3-6,8-10,15H,7H2,1-2H3. The van der Waals surface area contributed by atoms with Gasteiger partial charge in [0.1, 0.15) is 12.0 Å². The van der Waals surface area contributed by atoms with E-state index >= 15 is 0 Å². The van der Waals surface area contributed by atoms with Crippen LogP contribution in [0.4, 0.5) is 0 Å². The van der Waals surface area contributed by atoms with Crippen molar-refractivity contribution in [2.45, 2.75) is 31.4 Å². The lowest BCUT2D eigenvalue weighted by Crippen LogP contribution is -2.23. The van der Waals surface area contributed by atoms with Crippen LogP contribution >= 0.6 is 0 Å². The first-order valence-corrected chi connectivity index (χ1v) is 7.59. The predicted octanol–water partition coefficient (Wildman–Crippen LogP) is 1.94. The fourth-order valence-corrected chi connectivity index (χ4v) is 2.55. The van der Waals surface area contributed by atoms with Crippen molar-refractivity contribution < 1.29 is 17.6 Å². The molecule has 6 nitrogen and oxygen atoms in total. The van der Waals surface area contributed by atoms with Crippen LogP contribution in [-0.4, -0.2) is 19.5 Å². The van der Waals surface area contributed by atoms with Gasteiger partial charge >= 0.3 is 0 Å². The molecule has 1 N–H and O–H groups in total. The molecule has 2 rings (SSSR count). The van der Waals surface area contributed by atoms with Crippen molar-refractivity contribution in [1.29, 1.82) is 0 Å². The Labute approximate surface area is 117 Å². The molecule has 0 fully saturated rings. The second-order valence-corrected chi connectivity index (χ2v) is 6.21. The Balaban J connectivity index is 2.05. The molecule has 0 spiro atoms. The molecule has 7 heteroatoms. The van der Waals surface area contributed by atoms with E-state index in [4.69, 9.17) is 9.15 Å². The number of nitrogens with zero attached hydrogens (tertiary/aromatic N) is 1. The maximum atomic E-state index is 12.1. The quantitative estimate of drug-likeness (QED) is 0.881. The van der Waals surface area contributed by atoms with Gasteiger partial charge in [0.25, 0.3) is 0 Å². The molecule has 20 heavy (non-hydrogen) atoms. The molecule has 0 amide bonds. The summed E-state index contributed by atoms with van der Waals surface area (Å²) >= 11 is 0. The van der Waals surface area contributed by atoms with Crippen molar-refractivity contribution >= 4 is 10.0 Å². The van der Waals surface area contributed by atoms with Crippen molar-refractivity contribution in [2.24, 2.45) is 0 Å². The van der Waals surface area contributed by atoms with E-state index in [-0.39, 0.29) is 17.5 Å². The third kappa shape index (κ3) is 3.82. The van der Waals surface area contributed by atoms with Crippen LogP contribution in [0.1, 0.15) is 19.5 Å². The van der Waals surface area contributed by atoms with Gasteiger partial charge in [-0.1, -0.05) is 0 Å². The Kier molecular flexibility index (Phi) is 4.41. The van der Waals surface area contributed by atoms with E-state index in [9.17, 15) is 8.42 Å². The summed E-state index contributed by atoms with van der Waals surface area (Å²) in [6.07, 6.45) is 2.69. The fourth-order valence-electron chi connectivity index (χ4n) is 1.55. The Morgan fingerprint density at radius 1 is 1.30 bits per heavy atom. The number of sulfonamides is 1. The molecule has 1 aromatic heterocycles. The molecule has 2 aromatic rings. The van der Waals surface area contributed by atoms with E-state index in [1.807, 2.05) is 13.8 Å². The summed E-state index contributed by atoms with van der Waals surface area (Å²) in [4.78, 5) is 4.02. The third-order valence-electron chi connectivity index (χ3n) is 2.43. The normalized spacial score (nSPS) is 11.8. The van der Waals surface area contributed by atoms with Gasteiger partial charge < -0.3 is 9.15 Å². The lowest BCUT2D eigenvalue weighted by molar-refractivity contribution is 0.242. The molecule has 108 valence electrons. The van der Waals surface area contributed by atoms with Crippen LogP contribution in [0.25, 0.3) is 0 Å². The average molecular weight is 296 g/mol. The Morgan fingerprint density at radius 3 is 2.55 bits per heavy atom. The van der Waals surface area contributed by atoms with Gasteiger partial charge in [0.05, 0.1) is 23.2 Å². The lowest BCUT2D eigenvalue weighted by atomic mass is 10.3. The van der Waals surface area contributed by atoms with E-state index in [1.54, 1.807) is 12.1 Å². The molecule has 0 saturated carbocycles. The van der Waals surface area contributed by atoms with E-state index < -0.39 is 10.0 Å². The summed E-state index contributed by atoms with van der Waals surface area (Å²) in [6.45, 7) is 3.90. The molecule has 0 aliphatic heterocycles. The number of benzene rings is 1. The van der Waals surface area contributed by atoms with E-state index in [0.717, 1.165) is 0 Å². The topological polar surface area (TPSA) is 81.4 Å². The van der Waals surface area contributed by atoms with E-state index in [1.165, 1.54) is 24.8 Å². The molecule has 0 aliphatic rings. The second-order valence-electron chi connectivity index (χ2n) is 4.44. The van der Waals surface area contributed by atoms with Crippen molar-refractivity contribution in [3.8, 4) is 5.75 Å². The van der Waals surface area contributed by atoms with Gasteiger partial charge in [-0.05, 0) is 38.1 Å². The zero-order chi connectivity index (χ0) is 14.6. The van der Waals surface area contributed by atoms with Crippen LogP contribution in [0, 0.1) is 0 Å². The summed E-state index contributed by atoms with van der Waals surface area (Å²) in [5.41, 5.74) is 0.522. The molecular weight excluding hydrogens is 280 g/mol. The van der Waals surface area contributed by atoms with Crippen LogP contribution in [-0.2, 0) is 16.6 Å². The minimum Gasteiger partial charge on any atom is -0.491 e. The SMILES string of the molecule is CC(C)Oc1ccc(S(=O)(=O)NCc2cocn2)cc1. The number of nitrogens with one attached hydrogen (secondary N) is 1. The highest BCUT2D eigenvalue weighted by Gasteiger charge is 2.14. The number of aromatic nitrogens is 1. The number of ether oxygens (including phenoxy) is 1. The van der Waals surface area contributed by atoms with E-state index in [0.29, 0.717) is 11.4 Å². The second kappa shape index (κ2) is 6.06. The highest BCUT2D eigenvalue weighted by Crippen LogP contribution is 2.17. The summed E-state index contributed by atoms with van der Waals surface area (Å²) in [5, 5.41) is 0. The van der Waals surface area contributed by atoms with Gasteiger partial charge in [-0.25, -0.2) is 18.1 Å². The van der Waals surface area contributed by atoms with Crippen LogP contribution < -0.4 is 9.46 Å². The summed E-state index contributed by atoms with van der Waals surface area (Å²) < 4.78 is 36.8. The van der Waals surface area contributed by atoms with E-state index in [2.05, 4.69) is 9.71 Å². The fraction of sp³-hybridized carbons (Fsp3) is 0.308. The van der Waals surface area contributed by atoms with Crippen LogP contribution in [0.15, 0.2) is 46.2 Å². The largest absolute Gasteiger partial charge is 0.491 e. The van der Waals surface area contributed by atoms with Gasteiger partial charge in [-0.2, -0.15) is 0 Å². The van der Waals surface area contributed by atoms with Crippen LogP contribution in [0.5, 0.6) is 5.75 Å². The maximum Gasteiger partial charge on any atom is 0.240 e. The zero-order valence-corrected chi connectivity index (χ0v) is 12.1. The molecule has 0 saturated heterocycles. The Bertz CT molecular complexity index is 634. The first kappa shape index (κ1) is 14.5. The maximum absolute atomic E-state index is 12.1. The van der Waals surface area contributed by atoms with Crippen molar-refractivity contribution in [1.82, 2.24) is 9.71 Å². The molecular formula is C13H16N2O4S. The molecule has 0 radical (unpaired) electrons.